The maximum atomic E-state index is 12.1. The van der Waals surface area contributed by atoms with Crippen molar-refractivity contribution >= 4 is 11.7 Å². The number of carbonyl (C=O) groups is 1. The molecule has 0 fully saturated rings. The molecule has 110 valence electrons. The number of carbonyl (C=O) groups excluding carboxylic acids is 1. The lowest BCUT2D eigenvalue weighted by atomic mass is 10.1. The van der Waals surface area contributed by atoms with Crippen LogP contribution in [0.15, 0.2) is 36.4 Å². The summed E-state index contributed by atoms with van der Waals surface area (Å²) in [4.78, 5) is 12.1. The lowest BCUT2D eigenvalue weighted by Crippen LogP contribution is -2.08. The van der Waals surface area contributed by atoms with Gasteiger partial charge in [-0.3, -0.25) is 0 Å². The van der Waals surface area contributed by atoms with Crippen molar-refractivity contribution in [3.05, 3.63) is 58.7 Å². The summed E-state index contributed by atoms with van der Waals surface area (Å²) >= 11 is 0. The number of hydrogen-bond donors (Lipinski definition) is 1. The predicted octanol–water partition coefficient (Wildman–Crippen LogP) is 3.25. The summed E-state index contributed by atoms with van der Waals surface area (Å²) in [5.74, 6) is 0.119. The molecule has 2 aromatic carbocycles. The highest BCUT2D eigenvalue weighted by Gasteiger charge is 2.13. The number of anilines is 1. The number of ether oxygens (including phenoxy) is 2. The third-order valence-corrected chi connectivity index (χ3v) is 3.13. The summed E-state index contributed by atoms with van der Waals surface area (Å²) < 4.78 is 10.4. The van der Waals surface area contributed by atoms with Crippen LogP contribution in [0.4, 0.5) is 5.69 Å². The summed E-state index contributed by atoms with van der Waals surface area (Å²) in [5, 5.41) is 0. The van der Waals surface area contributed by atoms with E-state index in [4.69, 9.17) is 15.2 Å². The van der Waals surface area contributed by atoms with Crippen molar-refractivity contribution < 1.29 is 14.3 Å². The van der Waals surface area contributed by atoms with Crippen LogP contribution in [0, 0.1) is 13.8 Å². The van der Waals surface area contributed by atoms with Gasteiger partial charge in [0.2, 0.25) is 0 Å². The summed E-state index contributed by atoms with van der Waals surface area (Å²) in [6, 6.07) is 11.0. The quantitative estimate of drug-likeness (QED) is 0.692. The highest BCUT2D eigenvalue weighted by atomic mass is 16.5. The fourth-order valence-corrected chi connectivity index (χ4v) is 2.22. The molecule has 0 aromatic heterocycles. The average Bonchev–Trinajstić information content (AvgIpc) is 2.44. The van der Waals surface area contributed by atoms with E-state index >= 15 is 0 Å². The predicted molar refractivity (Wildman–Crippen MR) is 82.4 cm³/mol. The first-order valence-corrected chi connectivity index (χ1v) is 6.67. The highest BCUT2D eigenvalue weighted by Crippen LogP contribution is 2.21. The van der Waals surface area contributed by atoms with Crippen LogP contribution in [-0.2, 0) is 11.3 Å². The van der Waals surface area contributed by atoms with Gasteiger partial charge in [-0.15, -0.1) is 0 Å². The van der Waals surface area contributed by atoms with Gasteiger partial charge in [0, 0.05) is 5.69 Å². The molecular weight excluding hydrogens is 266 g/mol. The van der Waals surface area contributed by atoms with Crippen LogP contribution in [0.5, 0.6) is 5.75 Å². The van der Waals surface area contributed by atoms with E-state index < -0.39 is 5.97 Å². The molecule has 0 spiro atoms. The van der Waals surface area contributed by atoms with E-state index in [0.717, 1.165) is 16.7 Å². The minimum atomic E-state index is -0.453. The molecular formula is C17H19NO3. The van der Waals surface area contributed by atoms with Crippen LogP contribution >= 0.6 is 0 Å². The second-order valence-electron chi connectivity index (χ2n) is 5.03. The van der Waals surface area contributed by atoms with Gasteiger partial charge in [-0.1, -0.05) is 29.3 Å². The van der Waals surface area contributed by atoms with Gasteiger partial charge in [0.1, 0.15) is 12.4 Å². The SMILES string of the molecule is COc1ccc(N)c(C(=O)OCc2cc(C)cc(C)c2)c1. The Balaban J connectivity index is 2.11. The Morgan fingerprint density at radius 1 is 1.10 bits per heavy atom. The molecule has 4 nitrogen and oxygen atoms in total. The molecule has 21 heavy (non-hydrogen) atoms. The van der Waals surface area contributed by atoms with Gasteiger partial charge in [-0.25, -0.2) is 4.79 Å². The number of rotatable bonds is 4. The number of methoxy groups -OCH3 is 1. The number of nitrogens with two attached hydrogens (primary N) is 1. The van der Waals surface area contributed by atoms with Crippen molar-refractivity contribution in [2.45, 2.75) is 20.5 Å². The Bertz CT molecular complexity index is 645. The van der Waals surface area contributed by atoms with Gasteiger partial charge in [-0.2, -0.15) is 0 Å². The Morgan fingerprint density at radius 2 is 1.76 bits per heavy atom. The molecule has 0 radical (unpaired) electrons. The minimum Gasteiger partial charge on any atom is -0.497 e. The second kappa shape index (κ2) is 6.31. The molecule has 0 atom stereocenters. The first-order chi connectivity index (χ1) is 9.99. The minimum absolute atomic E-state index is 0.220. The van der Waals surface area contributed by atoms with Gasteiger partial charge in [-0.05, 0) is 37.6 Å². The maximum Gasteiger partial charge on any atom is 0.340 e. The molecule has 0 aliphatic rings. The van der Waals surface area contributed by atoms with E-state index in [2.05, 4.69) is 6.07 Å². The normalized spacial score (nSPS) is 10.2. The van der Waals surface area contributed by atoms with Gasteiger partial charge in [0.25, 0.3) is 0 Å². The van der Waals surface area contributed by atoms with E-state index in [1.807, 2.05) is 26.0 Å². The number of hydrogen-bond acceptors (Lipinski definition) is 4. The van der Waals surface area contributed by atoms with Gasteiger partial charge < -0.3 is 15.2 Å². The first-order valence-electron chi connectivity index (χ1n) is 6.67. The first kappa shape index (κ1) is 14.9. The van der Waals surface area contributed by atoms with Crippen LogP contribution in [0.1, 0.15) is 27.0 Å². The lowest BCUT2D eigenvalue weighted by molar-refractivity contribution is 0.0473. The zero-order valence-electron chi connectivity index (χ0n) is 12.5. The molecule has 2 aromatic rings. The number of aryl methyl sites for hydroxylation is 2. The number of esters is 1. The monoisotopic (exact) mass is 285 g/mol. The van der Waals surface area contributed by atoms with E-state index in [1.54, 1.807) is 18.2 Å². The van der Waals surface area contributed by atoms with Crippen LogP contribution < -0.4 is 10.5 Å². The molecule has 0 heterocycles. The van der Waals surface area contributed by atoms with Gasteiger partial charge in [0.05, 0.1) is 12.7 Å². The summed E-state index contributed by atoms with van der Waals surface area (Å²) in [7, 11) is 1.54. The zero-order valence-corrected chi connectivity index (χ0v) is 12.5. The summed E-state index contributed by atoms with van der Waals surface area (Å²) in [5.41, 5.74) is 9.74. The number of nitrogen functional groups attached to an aromatic ring is 1. The Morgan fingerprint density at radius 3 is 2.38 bits per heavy atom. The zero-order chi connectivity index (χ0) is 15.4. The Labute approximate surface area is 124 Å². The molecule has 0 saturated heterocycles. The van der Waals surface area contributed by atoms with Gasteiger partial charge in [0.15, 0.2) is 0 Å². The molecule has 0 amide bonds. The number of benzene rings is 2. The smallest absolute Gasteiger partial charge is 0.340 e. The fraction of sp³-hybridized carbons (Fsp3) is 0.235. The van der Waals surface area contributed by atoms with Crippen molar-refractivity contribution in [1.82, 2.24) is 0 Å². The average molecular weight is 285 g/mol. The largest absolute Gasteiger partial charge is 0.497 e. The maximum absolute atomic E-state index is 12.1. The second-order valence-corrected chi connectivity index (χ2v) is 5.03. The molecule has 0 aliphatic heterocycles. The summed E-state index contributed by atoms with van der Waals surface area (Å²) in [6.07, 6.45) is 0. The van der Waals surface area contributed by atoms with E-state index in [-0.39, 0.29) is 6.61 Å². The van der Waals surface area contributed by atoms with Crippen LogP contribution in [-0.4, -0.2) is 13.1 Å². The van der Waals surface area contributed by atoms with Crippen molar-refractivity contribution in [3.8, 4) is 5.75 Å². The molecule has 2 rings (SSSR count). The molecule has 0 aliphatic carbocycles. The standard InChI is InChI=1S/C17H19NO3/c1-11-6-12(2)8-13(7-11)10-21-17(19)15-9-14(20-3)4-5-16(15)18/h4-9H,10,18H2,1-3H3. The fourth-order valence-electron chi connectivity index (χ4n) is 2.22. The van der Waals surface area contributed by atoms with E-state index in [1.165, 1.54) is 7.11 Å². The van der Waals surface area contributed by atoms with Crippen LogP contribution in [0.25, 0.3) is 0 Å². The van der Waals surface area contributed by atoms with Crippen molar-refractivity contribution in [2.24, 2.45) is 0 Å². The molecule has 0 unspecified atom stereocenters. The lowest BCUT2D eigenvalue weighted by Gasteiger charge is -2.09. The summed E-state index contributed by atoms with van der Waals surface area (Å²) in [6.45, 7) is 4.24. The van der Waals surface area contributed by atoms with E-state index in [9.17, 15) is 4.79 Å². The highest BCUT2D eigenvalue weighted by molar-refractivity contribution is 5.95. The Hall–Kier alpha value is -2.49. The van der Waals surface area contributed by atoms with Gasteiger partial charge >= 0.3 is 5.97 Å². The molecule has 0 bridgehead atoms. The van der Waals surface area contributed by atoms with Crippen LogP contribution in [0.3, 0.4) is 0 Å². The van der Waals surface area contributed by atoms with Crippen LogP contribution in [0.2, 0.25) is 0 Å². The van der Waals surface area contributed by atoms with Crippen molar-refractivity contribution in [1.29, 1.82) is 0 Å². The molecule has 2 N–H and O–H groups in total. The topological polar surface area (TPSA) is 61.5 Å². The van der Waals surface area contributed by atoms with Crippen molar-refractivity contribution in [3.63, 3.8) is 0 Å². The molecule has 0 saturated carbocycles. The third kappa shape index (κ3) is 3.75. The Kier molecular flexibility index (Phi) is 4.48. The van der Waals surface area contributed by atoms with E-state index in [0.29, 0.717) is 17.0 Å². The third-order valence-electron chi connectivity index (χ3n) is 3.13. The van der Waals surface area contributed by atoms with Crippen molar-refractivity contribution in [2.75, 3.05) is 12.8 Å². The molecule has 4 heteroatoms.